The van der Waals surface area contributed by atoms with Crippen LogP contribution in [0.4, 0.5) is 0 Å². The smallest absolute Gasteiger partial charge is 0.149 e. The molecule has 1 atom stereocenters. The van der Waals surface area contributed by atoms with Gasteiger partial charge in [-0.2, -0.15) is 0 Å². The van der Waals surface area contributed by atoms with Gasteiger partial charge in [-0.1, -0.05) is 67.1 Å². The third-order valence-corrected chi connectivity index (χ3v) is 6.67. The van der Waals surface area contributed by atoms with Gasteiger partial charge in [-0.05, 0) is 41.5 Å². The van der Waals surface area contributed by atoms with Crippen LogP contribution in [0.1, 0.15) is 24.0 Å². The lowest BCUT2D eigenvalue weighted by Gasteiger charge is -2.27. The third-order valence-electron chi connectivity index (χ3n) is 6.38. The SMILES string of the molecule is CC1c2ccccc2Oc2c(Cl)cc(-c3ccc4c5ccccc5n(C)c4c3)cc21. The Hall–Kier alpha value is -3.23. The number of aromatic nitrogens is 1. The molecule has 0 bridgehead atoms. The molecule has 1 aliphatic heterocycles. The van der Waals surface area contributed by atoms with Crippen molar-refractivity contribution in [2.75, 3.05) is 0 Å². The number of halogens is 1. The van der Waals surface area contributed by atoms with Crippen LogP contribution in [0.5, 0.6) is 11.5 Å². The van der Waals surface area contributed by atoms with Crippen LogP contribution < -0.4 is 4.74 Å². The first-order valence-electron chi connectivity index (χ1n) is 10.2. The lowest BCUT2D eigenvalue weighted by atomic mass is 9.87. The fourth-order valence-electron chi connectivity index (χ4n) is 4.76. The molecule has 5 aromatic rings. The lowest BCUT2D eigenvalue weighted by molar-refractivity contribution is 0.450. The number of hydrogen-bond donors (Lipinski definition) is 0. The molecule has 0 aliphatic carbocycles. The minimum absolute atomic E-state index is 0.226. The summed E-state index contributed by atoms with van der Waals surface area (Å²) >= 11 is 6.71. The standard InChI is InChI=1S/C27H20ClNO/c1-16-19-7-4-6-10-26(19)30-27-22(16)13-18(14-23(27)28)17-11-12-21-20-8-3-5-9-24(20)29(2)25(21)15-17/h3-16H,1-2H3. The number of benzene rings is 4. The van der Waals surface area contributed by atoms with E-state index in [0.717, 1.165) is 28.2 Å². The van der Waals surface area contributed by atoms with Gasteiger partial charge in [0.2, 0.25) is 0 Å². The minimum atomic E-state index is 0.226. The molecule has 0 saturated heterocycles. The van der Waals surface area contributed by atoms with Gasteiger partial charge in [0.25, 0.3) is 0 Å². The molecule has 0 fully saturated rings. The average Bonchev–Trinajstić information content (AvgIpc) is 3.06. The second-order valence-corrected chi connectivity index (χ2v) is 8.45. The van der Waals surface area contributed by atoms with E-state index < -0.39 is 0 Å². The summed E-state index contributed by atoms with van der Waals surface area (Å²) in [5.74, 6) is 1.89. The van der Waals surface area contributed by atoms with Gasteiger partial charge in [0.05, 0.1) is 5.02 Å². The molecule has 3 heteroatoms. The second-order valence-electron chi connectivity index (χ2n) is 8.05. The summed E-state index contributed by atoms with van der Waals surface area (Å²) in [4.78, 5) is 0. The van der Waals surface area contributed by atoms with E-state index in [1.54, 1.807) is 0 Å². The fraction of sp³-hybridized carbons (Fsp3) is 0.111. The van der Waals surface area contributed by atoms with Gasteiger partial charge in [-0.3, -0.25) is 0 Å². The van der Waals surface area contributed by atoms with Gasteiger partial charge in [-0.15, -0.1) is 0 Å². The topological polar surface area (TPSA) is 14.2 Å². The highest BCUT2D eigenvalue weighted by Gasteiger charge is 2.26. The maximum Gasteiger partial charge on any atom is 0.149 e. The van der Waals surface area contributed by atoms with Crippen LogP contribution >= 0.6 is 11.6 Å². The number of aryl methyl sites for hydroxylation is 1. The van der Waals surface area contributed by atoms with Crippen molar-refractivity contribution in [1.82, 2.24) is 4.57 Å². The summed E-state index contributed by atoms with van der Waals surface area (Å²) in [6.07, 6.45) is 0. The Labute approximate surface area is 180 Å². The molecule has 1 aromatic heterocycles. The summed E-state index contributed by atoms with van der Waals surface area (Å²) in [5.41, 5.74) is 7.06. The molecule has 30 heavy (non-hydrogen) atoms. The zero-order chi connectivity index (χ0) is 20.4. The fourth-order valence-corrected chi connectivity index (χ4v) is 5.02. The summed E-state index contributed by atoms with van der Waals surface area (Å²) in [7, 11) is 2.13. The Morgan fingerprint density at radius 2 is 1.53 bits per heavy atom. The van der Waals surface area contributed by atoms with Crippen LogP contribution in [-0.4, -0.2) is 4.57 Å². The van der Waals surface area contributed by atoms with Crippen molar-refractivity contribution in [3.63, 3.8) is 0 Å². The van der Waals surface area contributed by atoms with Gasteiger partial charge >= 0.3 is 0 Å². The normalized spacial score (nSPS) is 15.1. The van der Waals surface area contributed by atoms with Crippen molar-refractivity contribution >= 4 is 33.4 Å². The monoisotopic (exact) mass is 409 g/mol. The number of ether oxygens (including phenoxy) is 1. The molecule has 0 spiro atoms. The lowest BCUT2D eigenvalue weighted by Crippen LogP contribution is -2.08. The maximum atomic E-state index is 6.71. The highest BCUT2D eigenvalue weighted by molar-refractivity contribution is 6.32. The Morgan fingerprint density at radius 1 is 0.767 bits per heavy atom. The van der Waals surface area contributed by atoms with Crippen LogP contribution in [0.25, 0.3) is 32.9 Å². The molecule has 0 saturated carbocycles. The van der Waals surface area contributed by atoms with E-state index in [-0.39, 0.29) is 5.92 Å². The van der Waals surface area contributed by atoms with E-state index in [1.165, 1.54) is 27.4 Å². The zero-order valence-electron chi connectivity index (χ0n) is 16.8. The Kier molecular flexibility index (Phi) is 3.75. The van der Waals surface area contributed by atoms with E-state index in [0.29, 0.717) is 5.02 Å². The molecule has 6 rings (SSSR count). The molecule has 146 valence electrons. The first-order chi connectivity index (χ1) is 14.6. The molecule has 0 amide bonds. The third kappa shape index (κ3) is 2.44. The number of fused-ring (bicyclic) bond motifs is 5. The number of hydrogen-bond acceptors (Lipinski definition) is 1. The predicted octanol–water partition coefficient (Wildman–Crippen LogP) is 7.91. The van der Waals surface area contributed by atoms with Crippen molar-refractivity contribution in [3.8, 4) is 22.6 Å². The van der Waals surface area contributed by atoms with Crippen LogP contribution in [0.15, 0.2) is 78.9 Å². The van der Waals surface area contributed by atoms with Crippen LogP contribution in [-0.2, 0) is 7.05 Å². The van der Waals surface area contributed by atoms with Crippen molar-refractivity contribution < 1.29 is 4.74 Å². The van der Waals surface area contributed by atoms with Gasteiger partial charge < -0.3 is 9.30 Å². The van der Waals surface area contributed by atoms with Crippen molar-refractivity contribution in [1.29, 1.82) is 0 Å². The van der Waals surface area contributed by atoms with Gasteiger partial charge in [0.15, 0.2) is 0 Å². The van der Waals surface area contributed by atoms with Crippen molar-refractivity contribution in [2.45, 2.75) is 12.8 Å². The maximum absolute atomic E-state index is 6.71. The minimum Gasteiger partial charge on any atom is -0.455 e. The quantitative estimate of drug-likeness (QED) is 0.274. The second kappa shape index (κ2) is 6.38. The first-order valence-corrected chi connectivity index (χ1v) is 10.6. The molecule has 0 N–H and O–H groups in total. The van der Waals surface area contributed by atoms with Gasteiger partial charge in [-0.25, -0.2) is 0 Å². The van der Waals surface area contributed by atoms with Crippen molar-refractivity contribution in [2.24, 2.45) is 7.05 Å². The van der Waals surface area contributed by atoms with E-state index in [1.807, 2.05) is 18.2 Å². The molecule has 1 aliphatic rings. The van der Waals surface area contributed by atoms with E-state index in [4.69, 9.17) is 16.3 Å². The van der Waals surface area contributed by atoms with Gasteiger partial charge in [0.1, 0.15) is 11.5 Å². The van der Waals surface area contributed by atoms with E-state index in [2.05, 4.69) is 79.2 Å². The molecular weight excluding hydrogens is 390 g/mol. The number of rotatable bonds is 1. The number of para-hydroxylation sites is 2. The number of nitrogens with zero attached hydrogens (tertiary/aromatic N) is 1. The molecule has 4 aromatic carbocycles. The van der Waals surface area contributed by atoms with Crippen LogP contribution in [0, 0.1) is 0 Å². The highest BCUT2D eigenvalue weighted by atomic mass is 35.5. The Morgan fingerprint density at radius 3 is 2.43 bits per heavy atom. The van der Waals surface area contributed by atoms with E-state index in [9.17, 15) is 0 Å². The van der Waals surface area contributed by atoms with E-state index >= 15 is 0 Å². The zero-order valence-corrected chi connectivity index (χ0v) is 17.6. The largest absolute Gasteiger partial charge is 0.455 e. The summed E-state index contributed by atoms with van der Waals surface area (Å²) in [5, 5.41) is 3.20. The van der Waals surface area contributed by atoms with Crippen LogP contribution in [0.2, 0.25) is 5.02 Å². The summed E-state index contributed by atoms with van der Waals surface area (Å²) in [6, 6.07) is 27.6. The summed E-state index contributed by atoms with van der Waals surface area (Å²) in [6.45, 7) is 2.22. The molecule has 2 heterocycles. The first kappa shape index (κ1) is 17.6. The molecule has 2 nitrogen and oxygen atoms in total. The molecule has 1 unspecified atom stereocenters. The molecular formula is C27H20ClNO. The Bertz CT molecular complexity index is 1460. The average molecular weight is 410 g/mol. The van der Waals surface area contributed by atoms with Gasteiger partial charge in [0, 0.05) is 45.9 Å². The van der Waals surface area contributed by atoms with Crippen LogP contribution in [0.3, 0.4) is 0 Å². The Balaban J connectivity index is 1.53. The molecule has 0 radical (unpaired) electrons. The van der Waals surface area contributed by atoms with Crippen molar-refractivity contribution in [3.05, 3.63) is 95.0 Å². The summed E-state index contributed by atoms with van der Waals surface area (Å²) < 4.78 is 8.42. The predicted molar refractivity (Wildman–Crippen MR) is 125 cm³/mol. The highest BCUT2D eigenvalue weighted by Crippen LogP contribution is 2.48.